The first-order chi connectivity index (χ1) is 14.9. The lowest BCUT2D eigenvalue weighted by molar-refractivity contribution is 0.0697. The zero-order valence-corrected chi connectivity index (χ0v) is 19.5. The Morgan fingerprint density at radius 3 is 2.39 bits per heavy atom. The molecular formula is C25H26BrNO4. The molecule has 3 aromatic carbocycles. The van der Waals surface area contributed by atoms with Crippen LogP contribution in [-0.2, 0) is 13.2 Å². The molecule has 0 radical (unpaired) electrons. The van der Waals surface area contributed by atoms with Crippen LogP contribution in [0.5, 0.6) is 11.5 Å². The van der Waals surface area contributed by atoms with Crippen LogP contribution in [-0.4, -0.2) is 17.7 Å². The highest BCUT2D eigenvalue weighted by Gasteiger charge is 2.13. The Morgan fingerprint density at radius 1 is 1.00 bits per heavy atom. The molecule has 0 amide bonds. The van der Waals surface area contributed by atoms with Gasteiger partial charge in [-0.05, 0) is 83.7 Å². The van der Waals surface area contributed by atoms with Crippen molar-refractivity contribution in [2.24, 2.45) is 0 Å². The fourth-order valence-electron chi connectivity index (χ4n) is 3.16. The van der Waals surface area contributed by atoms with Crippen LogP contribution in [0.3, 0.4) is 0 Å². The van der Waals surface area contributed by atoms with Crippen molar-refractivity contribution in [3.63, 3.8) is 0 Å². The minimum atomic E-state index is -0.929. The van der Waals surface area contributed by atoms with E-state index < -0.39 is 5.97 Å². The van der Waals surface area contributed by atoms with E-state index in [0.717, 1.165) is 26.9 Å². The topological polar surface area (TPSA) is 67.8 Å². The predicted octanol–water partition coefficient (Wildman–Crippen LogP) is 6.35. The maximum Gasteiger partial charge on any atom is 0.335 e. The fraction of sp³-hybridized carbons (Fsp3) is 0.240. The first-order valence-electron chi connectivity index (χ1n) is 10.1. The van der Waals surface area contributed by atoms with E-state index in [9.17, 15) is 4.79 Å². The molecule has 0 bridgehead atoms. The van der Waals surface area contributed by atoms with Crippen LogP contribution in [0.15, 0.2) is 59.1 Å². The molecule has 6 heteroatoms. The molecule has 31 heavy (non-hydrogen) atoms. The van der Waals surface area contributed by atoms with Gasteiger partial charge in [0.15, 0.2) is 11.5 Å². The number of ether oxygens (including phenoxy) is 2. The summed E-state index contributed by atoms with van der Waals surface area (Å²) in [6.07, 6.45) is 0. The molecule has 0 aliphatic carbocycles. The molecule has 3 aromatic rings. The van der Waals surface area contributed by atoms with Gasteiger partial charge in [0.05, 0.1) is 16.6 Å². The molecule has 2 N–H and O–H groups in total. The highest BCUT2D eigenvalue weighted by Crippen LogP contribution is 2.37. The Kier molecular flexibility index (Phi) is 7.58. The number of hydrogen-bond acceptors (Lipinski definition) is 4. The second-order valence-electron chi connectivity index (χ2n) is 7.30. The van der Waals surface area contributed by atoms with Crippen LogP contribution in [0, 0.1) is 13.8 Å². The van der Waals surface area contributed by atoms with E-state index in [1.807, 2.05) is 26.0 Å². The van der Waals surface area contributed by atoms with Crippen LogP contribution < -0.4 is 14.8 Å². The number of halogens is 1. The molecule has 0 saturated carbocycles. The Bertz CT molecular complexity index is 1060. The number of aromatic carboxylic acids is 1. The van der Waals surface area contributed by atoms with E-state index in [0.29, 0.717) is 31.3 Å². The van der Waals surface area contributed by atoms with Crippen LogP contribution in [0.1, 0.15) is 39.5 Å². The van der Waals surface area contributed by atoms with Crippen molar-refractivity contribution in [2.45, 2.75) is 33.9 Å². The van der Waals surface area contributed by atoms with Crippen molar-refractivity contribution in [3.8, 4) is 11.5 Å². The Hall–Kier alpha value is -2.99. The number of anilines is 1. The second-order valence-corrected chi connectivity index (χ2v) is 8.15. The smallest absolute Gasteiger partial charge is 0.335 e. The Labute approximate surface area is 191 Å². The Balaban J connectivity index is 1.74. The lowest BCUT2D eigenvalue weighted by Gasteiger charge is -2.17. The summed E-state index contributed by atoms with van der Waals surface area (Å²) in [5.41, 5.74) is 5.36. The molecule has 0 aromatic heterocycles. The number of hydrogen-bond donors (Lipinski definition) is 2. The maximum atomic E-state index is 11.1. The van der Waals surface area contributed by atoms with E-state index in [1.165, 1.54) is 5.56 Å². The van der Waals surface area contributed by atoms with Crippen LogP contribution >= 0.6 is 15.9 Å². The summed E-state index contributed by atoms with van der Waals surface area (Å²) >= 11 is 3.62. The third-order valence-electron chi connectivity index (χ3n) is 4.83. The van der Waals surface area contributed by atoms with Gasteiger partial charge in [0.25, 0.3) is 0 Å². The predicted molar refractivity (Wildman–Crippen MR) is 126 cm³/mol. The van der Waals surface area contributed by atoms with Crippen molar-refractivity contribution in [1.82, 2.24) is 0 Å². The van der Waals surface area contributed by atoms with E-state index in [-0.39, 0.29) is 5.56 Å². The molecule has 0 heterocycles. The largest absolute Gasteiger partial charge is 0.490 e. The number of carbonyl (C=O) groups is 1. The van der Waals surface area contributed by atoms with Gasteiger partial charge in [0, 0.05) is 12.2 Å². The molecule has 162 valence electrons. The summed E-state index contributed by atoms with van der Waals surface area (Å²) in [5.74, 6) is 0.424. The van der Waals surface area contributed by atoms with Crippen molar-refractivity contribution in [2.75, 3.05) is 11.9 Å². The monoisotopic (exact) mass is 483 g/mol. The van der Waals surface area contributed by atoms with E-state index in [1.54, 1.807) is 18.2 Å². The quantitative estimate of drug-likeness (QED) is 0.370. The number of nitrogens with one attached hydrogen (secondary N) is 1. The van der Waals surface area contributed by atoms with Gasteiger partial charge in [-0.3, -0.25) is 0 Å². The normalized spacial score (nSPS) is 10.6. The fourth-order valence-corrected chi connectivity index (χ4v) is 3.76. The third kappa shape index (κ3) is 6.01. The van der Waals surface area contributed by atoms with Crippen molar-refractivity contribution < 1.29 is 19.4 Å². The number of benzene rings is 3. The summed E-state index contributed by atoms with van der Waals surface area (Å²) in [5, 5.41) is 12.5. The molecule has 0 atom stereocenters. The number of rotatable bonds is 9. The van der Waals surface area contributed by atoms with Gasteiger partial charge >= 0.3 is 5.97 Å². The molecule has 0 unspecified atom stereocenters. The zero-order valence-electron chi connectivity index (χ0n) is 17.9. The van der Waals surface area contributed by atoms with Crippen molar-refractivity contribution in [3.05, 3.63) is 86.9 Å². The summed E-state index contributed by atoms with van der Waals surface area (Å²) in [4.78, 5) is 11.1. The SMILES string of the molecule is CCOc1cc(CNc2ccc(C(=O)O)cc2C)cc(Br)c1OCc1ccc(C)cc1. The van der Waals surface area contributed by atoms with E-state index >= 15 is 0 Å². The maximum absolute atomic E-state index is 11.1. The molecule has 0 aliphatic heterocycles. The third-order valence-corrected chi connectivity index (χ3v) is 5.42. The summed E-state index contributed by atoms with van der Waals surface area (Å²) in [6.45, 7) is 7.42. The summed E-state index contributed by atoms with van der Waals surface area (Å²) in [6, 6.07) is 17.3. The first-order valence-corrected chi connectivity index (χ1v) is 10.9. The Morgan fingerprint density at radius 2 is 1.74 bits per heavy atom. The van der Waals surface area contributed by atoms with Gasteiger partial charge in [0.1, 0.15) is 6.61 Å². The van der Waals surface area contributed by atoms with Crippen molar-refractivity contribution in [1.29, 1.82) is 0 Å². The van der Waals surface area contributed by atoms with Crippen molar-refractivity contribution >= 4 is 27.6 Å². The number of carboxylic acids is 1. The highest BCUT2D eigenvalue weighted by molar-refractivity contribution is 9.10. The first kappa shape index (κ1) is 22.7. The molecule has 0 spiro atoms. The van der Waals surface area contributed by atoms with Gasteiger partial charge in [-0.15, -0.1) is 0 Å². The van der Waals surface area contributed by atoms with Gasteiger partial charge < -0.3 is 19.9 Å². The molecule has 3 rings (SSSR count). The summed E-state index contributed by atoms with van der Waals surface area (Å²) in [7, 11) is 0. The summed E-state index contributed by atoms with van der Waals surface area (Å²) < 4.78 is 12.7. The van der Waals surface area contributed by atoms with Crippen LogP contribution in [0.2, 0.25) is 0 Å². The minimum Gasteiger partial charge on any atom is -0.490 e. The number of carboxylic acid groups (broad SMARTS) is 1. The van der Waals surface area contributed by atoms with Gasteiger partial charge in [-0.2, -0.15) is 0 Å². The molecule has 0 fully saturated rings. The standard InChI is InChI=1S/C25H26BrNO4/c1-4-30-23-13-19(14-27-22-10-9-20(25(28)29)11-17(22)3)12-21(26)24(23)31-15-18-7-5-16(2)6-8-18/h5-13,27H,4,14-15H2,1-3H3,(H,28,29). The average Bonchev–Trinajstić information content (AvgIpc) is 2.73. The second kappa shape index (κ2) is 10.4. The molecular weight excluding hydrogens is 458 g/mol. The molecule has 5 nitrogen and oxygen atoms in total. The van der Waals surface area contributed by atoms with Crippen LogP contribution in [0.4, 0.5) is 5.69 Å². The molecule has 0 saturated heterocycles. The van der Waals surface area contributed by atoms with Gasteiger partial charge in [-0.1, -0.05) is 29.8 Å². The van der Waals surface area contributed by atoms with Crippen LogP contribution in [0.25, 0.3) is 0 Å². The zero-order chi connectivity index (χ0) is 22.4. The van der Waals surface area contributed by atoms with E-state index in [2.05, 4.69) is 52.4 Å². The van der Waals surface area contributed by atoms with E-state index in [4.69, 9.17) is 14.6 Å². The lowest BCUT2D eigenvalue weighted by Crippen LogP contribution is -2.05. The minimum absolute atomic E-state index is 0.277. The lowest BCUT2D eigenvalue weighted by atomic mass is 10.1. The van der Waals surface area contributed by atoms with Gasteiger partial charge in [0.2, 0.25) is 0 Å². The highest BCUT2D eigenvalue weighted by atomic mass is 79.9. The van der Waals surface area contributed by atoms with Gasteiger partial charge in [-0.25, -0.2) is 4.79 Å². The molecule has 0 aliphatic rings. The average molecular weight is 484 g/mol. The number of aryl methyl sites for hydroxylation is 2.